The molecule has 2 heterocycles. The molecule has 0 fully saturated rings. The number of nitrogens with zero attached hydrogens (tertiary/aromatic N) is 5. The number of rotatable bonds is 7. The van der Waals surface area contributed by atoms with Gasteiger partial charge in [0.1, 0.15) is 24.4 Å². The number of methoxy groups -OCH3 is 1. The number of ether oxygens (including phenoxy) is 2. The molecule has 0 atom stereocenters. The van der Waals surface area contributed by atoms with Crippen molar-refractivity contribution in [2.24, 2.45) is 0 Å². The van der Waals surface area contributed by atoms with E-state index in [0.29, 0.717) is 29.4 Å². The van der Waals surface area contributed by atoms with Crippen LogP contribution in [0.5, 0.6) is 11.5 Å². The minimum absolute atomic E-state index is 0.0746. The van der Waals surface area contributed by atoms with Crippen molar-refractivity contribution in [1.29, 1.82) is 0 Å². The molecule has 0 aliphatic rings. The Hall–Kier alpha value is -4.21. The lowest BCUT2D eigenvalue weighted by atomic mass is 10.3. The van der Waals surface area contributed by atoms with Gasteiger partial charge in [0, 0.05) is 11.8 Å². The molecule has 2 aromatic carbocycles. The SMILES string of the molecule is CCOc1ccc(-n2nnc3c(=O)n(CC(=O)Nc4cccc(OC)c4)cnc32)cc1. The fourth-order valence-electron chi connectivity index (χ4n) is 3.04. The first-order chi connectivity index (χ1) is 15.1. The number of carbonyl (C=O) groups excluding carboxylic acids is 1. The molecular formula is C21H20N6O4. The second-order valence-electron chi connectivity index (χ2n) is 6.56. The summed E-state index contributed by atoms with van der Waals surface area (Å²) in [5, 5.41) is 10.7. The summed E-state index contributed by atoms with van der Waals surface area (Å²) in [6.45, 7) is 2.26. The van der Waals surface area contributed by atoms with E-state index in [1.54, 1.807) is 55.6 Å². The Labute approximate surface area is 177 Å². The lowest BCUT2D eigenvalue weighted by molar-refractivity contribution is -0.116. The van der Waals surface area contributed by atoms with Crippen LogP contribution in [0.1, 0.15) is 6.92 Å². The van der Waals surface area contributed by atoms with E-state index in [4.69, 9.17) is 9.47 Å². The molecule has 10 heteroatoms. The van der Waals surface area contributed by atoms with Crippen molar-refractivity contribution in [3.8, 4) is 17.2 Å². The first-order valence-electron chi connectivity index (χ1n) is 9.57. The molecule has 4 rings (SSSR count). The number of anilines is 1. The highest BCUT2D eigenvalue weighted by molar-refractivity contribution is 5.90. The van der Waals surface area contributed by atoms with Gasteiger partial charge in [-0.25, -0.2) is 4.98 Å². The van der Waals surface area contributed by atoms with E-state index in [1.807, 2.05) is 6.92 Å². The predicted octanol–water partition coefficient (Wildman–Crippen LogP) is 2.02. The Bertz CT molecular complexity index is 1280. The summed E-state index contributed by atoms with van der Waals surface area (Å²) in [5.74, 6) is 0.965. The van der Waals surface area contributed by atoms with E-state index in [0.717, 1.165) is 5.75 Å². The van der Waals surface area contributed by atoms with Gasteiger partial charge in [-0.15, -0.1) is 5.10 Å². The molecule has 0 bridgehead atoms. The number of fused-ring (bicyclic) bond motifs is 1. The molecule has 0 aliphatic carbocycles. The molecule has 10 nitrogen and oxygen atoms in total. The first-order valence-corrected chi connectivity index (χ1v) is 9.57. The van der Waals surface area contributed by atoms with Crippen LogP contribution < -0.4 is 20.3 Å². The number of nitrogens with one attached hydrogen (secondary N) is 1. The number of hydrogen-bond acceptors (Lipinski definition) is 7. The van der Waals surface area contributed by atoms with E-state index in [2.05, 4.69) is 20.6 Å². The predicted molar refractivity (Wildman–Crippen MR) is 114 cm³/mol. The number of carbonyl (C=O) groups is 1. The van der Waals surface area contributed by atoms with Crippen LogP contribution in [0.25, 0.3) is 16.9 Å². The topological polar surface area (TPSA) is 113 Å². The van der Waals surface area contributed by atoms with Gasteiger partial charge in [0.15, 0.2) is 11.2 Å². The average molecular weight is 420 g/mol. The highest BCUT2D eigenvalue weighted by Crippen LogP contribution is 2.18. The Morgan fingerprint density at radius 1 is 1.13 bits per heavy atom. The zero-order chi connectivity index (χ0) is 21.8. The molecule has 0 unspecified atom stereocenters. The standard InChI is InChI=1S/C21H20N6O4/c1-3-31-16-9-7-15(8-10-16)27-20-19(24-25-27)21(29)26(13-22-20)12-18(28)23-14-5-4-6-17(11-14)30-2/h4-11,13H,3,12H2,1-2H3,(H,23,28). The maximum Gasteiger partial charge on any atom is 0.284 e. The molecule has 0 saturated carbocycles. The zero-order valence-corrected chi connectivity index (χ0v) is 17.0. The minimum Gasteiger partial charge on any atom is -0.497 e. The molecule has 2 aromatic heterocycles. The molecular weight excluding hydrogens is 400 g/mol. The minimum atomic E-state index is -0.456. The maximum absolute atomic E-state index is 12.8. The number of hydrogen-bond donors (Lipinski definition) is 1. The van der Waals surface area contributed by atoms with E-state index in [9.17, 15) is 9.59 Å². The third kappa shape index (κ3) is 4.22. The van der Waals surface area contributed by atoms with E-state index in [1.165, 1.54) is 15.6 Å². The molecule has 1 amide bonds. The summed E-state index contributed by atoms with van der Waals surface area (Å²) in [6, 6.07) is 14.1. The smallest absolute Gasteiger partial charge is 0.284 e. The Kier molecular flexibility index (Phi) is 5.61. The van der Waals surface area contributed by atoms with Crippen LogP contribution >= 0.6 is 0 Å². The lowest BCUT2D eigenvalue weighted by Gasteiger charge is -2.08. The van der Waals surface area contributed by atoms with Gasteiger partial charge in [0.2, 0.25) is 5.91 Å². The van der Waals surface area contributed by atoms with Crippen LogP contribution in [-0.4, -0.2) is 44.2 Å². The molecule has 0 aliphatic heterocycles. The summed E-state index contributed by atoms with van der Waals surface area (Å²) >= 11 is 0. The van der Waals surface area contributed by atoms with Crippen LogP contribution in [-0.2, 0) is 11.3 Å². The molecule has 31 heavy (non-hydrogen) atoms. The monoisotopic (exact) mass is 420 g/mol. The van der Waals surface area contributed by atoms with Crippen LogP contribution in [0.15, 0.2) is 59.7 Å². The van der Waals surface area contributed by atoms with Gasteiger partial charge in [0.25, 0.3) is 5.56 Å². The van der Waals surface area contributed by atoms with Gasteiger partial charge in [-0.3, -0.25) is 14.2 Å². The second-order valence-corrected chi connectivity index (χ2v) is 6.56. The van der Waals surface area contributed by atoms with Crippen molar-refractivity contribution in [2.45, 2.75) is 13.5 Å². The van der Waals surface area contributed by atoms with Crippen molar-refractivity contribution in [1.82, 2.24) is 24.5 Å². The van der Waals surface area contributed by atoms with Crippen LogP contribution in [0.2, 0.25) is 0 Å². The quantitative estimate of drug-likeness (QED) is 0.487. The maximum atomic E-state index is 12.8. The fraction of sp³-hybridized carbons (Fsp3) is 0.190. The molecule has 1 N–H and O–H groups in total. The molecule has 158 valence electrons. The number of amides is 1. The molecule has 0 spiro atoms. The average Bonchev–Trinajstić information content (AvgIpc) is 3.21. The second kappa shape index (κ2) is 8.66. The fourth-order valence-corrected chi connectivity index (χ4v) is 3.04. The van der Waals surface area contributed by atoms with Crippen molar-refractivity contribution >= 4 is 22.8 Å². The van der Waals surface area contributed by atoms with Crippen molar-refractivity contribution in [3.63, 3.8) is 0 Å². The van der Waals surface area contributed by atoms with Crippen molar-refractivity contribution in [3.05, 3.63) is 65.2 Å². The highest BCUT2D eigenvalue weighted by Gasteiger charge is 2.15. The first kappa shape index (κ1) is 20.1. The van der Waals surface area contributed by atoms with E-state index >= 15 is 0 Å². The summed E-state index contributed by atoms with van der Waals surface area (Å²) in [6.07, 6.45) is 1.31. The van der Waals surface area contributed by atoms with Gasteiger partial charge < -0.3 is 14.8 Å². The van der Waals surface area contributed by atoms with Gasteiger partial charge in [-0.2, -0.15) is 4.68 Å². The third-order valence-corrected chi connectivity index (χ3v) is 4.49. The summed E-state index contributed by atoms with van der Waals surface area (Å²) in [5.41, 5.74) is 1.17. The summed E-state index contributed by atoms with van der Waals surface area (Å²) in [7, 11) is 1.54. The van der Waals surface area contributed by atoms with Crippen molar-refractivity contribution in [2.75, 3.05) is 19.0 Å². The van der Waals surface area contributed by atoms with Gasteiger partial charge in [-0.1, -0.05) is 11.3 Å². The molecule has 0 radical (unpaired) electrons. The molecule has 0 saturated heterocycles. The number of aromatic nitrogens is 5. The highest BCUT2D eigenvalue weighted by atomic mass is 16.5. The molecule has 4 aromatic rings. The van der Waals surface area contributed by atoms with E-state index < -0.39 is 5.56 Å². The van der Waals surface area contributed by atoms with Crippen LogP contribution in [0.3, 0.4) is 0 Å². The lowest BCUT2D eigenvalue weighted by Crippen LogP contribution is -2.28. The van der Waals surface area contributed by atoms with Crippen molar-refractivity contribution < 1.29 is 14.3 Å². The van der Waals surface area contributed by atoms with Gasteiger partial charge in [-0.05, 0) is 43.3 Å². The normalized spacial score (nSPS) is 10.8. The van der Waals surface area contributed by atoms with Crippen LogP contribution in [0, 0.1) is 0 Å². The largest absolute Gasteiger partial charge is 0.497 e. The Morgan fingerprint density at radius 3 is 2.68 bits per heavy atom. The zero-order valence-electron chi connectivity index (χ0n) is 17.0. The Balaban J connectivity index is 1.56. The third-order valence-electron chi connectivity index (χ3n) is 4.49. The summed E-state index contributed by atoms with van der Waals surface area (Å²) in [4.78, 5) is 29.5. The van der Waals surface area contributed by atoms with Gasteiger partial charge >= 0.3 is 0 Å². The number of benzene rings is 2. The van der Waals surface area contributed by atoms with Crippen LogP contribution in [0.4, 0.5) is 5.69 Å². The summed E-state index contributed by atoms with van der Waals surface area (Å²) < 4.78 is 13.2. The van der Waals surface area contributed by atoms with E-state index in [-0.39, 0.29) is 18.0 Å². The Morgan fingerprint density at radius 2 is 1.94 bits per heavy atom. The van der Waals surface area contributed by atoms with Gasteiger partial charge in [0.05, 0.1) is 19.4 Å².